The first-order valence-electron chi connectivity index (χ1n) is 6.95. The van der Waals surface area contributed by atoms with Gasteiger partial charge in [0.05, 0.1) is 0 Å². The molecule has 0 radical (unpaired) electrons. The number of aldehydes is 1. The van der Waals surface area contributed by atoms with Gasteiger partial charge in [-0.05, 0) is 18.1 Å². The average molecular weight is 285 g/mol. The molecule has 0 rings (SSSR count). The van der Waals surface area contributed by atoms with Gasteiger partial charge in [-0.1, -0.05) is 40.4 Å². The van der Waals surface area contributed by atoms with Gasteiger partial charge in [0, 0.05) is 6.42 Å². The minimum atomic E-state index is -1.69. The van der Waals surface area contributed by atoms with Crippen molar-refractivity contribution in [1.29, 1.82) is 0 Å². The third-order valence-electron chi connectivity index (χ3n) is 3.25. The van der Waals surface area contributed by atoms with Gasteiger partial charge in [0.25, 0.3) is 0 Å². The fourth-order valence-corrected chi connectivity index (χ4v) is 5.27. The first-order valence-corrected chi connectivity index (χ1v) is 13.0. The summed E-state index contributed by atoms with van der Waals surface area (Å²) in [6, 6.07) is 3.23. The predicted molar refractivity (Wildman–Crippen MR) is 83.9 cm³/mol. The molecule has 0 heterocycles. The Bertz CT molecular complexity index is 298. The molecule has 0 aliphatic rings. The third kappa shape index (κ3) is 6.53. The molecule has 0 aromatic heterocycles. The van der Waals surface area contributed by atoms with Gasteiger partial charge in [0.2, 0.25) is 0 Å². The Labute approximate surface area is 115 Å². The SMILES string of the molecule is CC[Si](CC)(CC)O[C@H](C=O)CC#C[Si](C)(C)C. The van der Waals surface area contributed by atoms with E-state index in [1.165, 1.54) is 0 Å². The van der Waals surface area contributed by atoms with Crippen LogP contribution in [0.15, 0.2) is 0 Å². The summed E-state index contributed by atoms with van der Waals surface area (Å²) in [4.78, 5) is 11.1. The van der Waals surface area contributed by atoms with Gasteiger partial charge in [0.15, 0.2) is 8.32 Å². The molecule has 104 valence electrons. The van der Waals surface area contributed by atoms with E-state index in [9.17, 15) is 4.79 Å². The maximum absolute atomic E-state index is 11.1. The Hall–Kier alpha value is -0.376. The highest BCUT2D eigenvalue weighted by Crippen LogP contribution is 2.23. The lowest BCUT2D eigenvalue weighted by molar-refractivity contribution is -0.113. The van der Waals surface area contributed by atoms with Crippen molar-refractivity contribution in [2.75, 3.05) is 0 Å². The number of hydrogen-bond acceptors (Lipinski definition) is 2. The normalized spacial score (nSPS) is 13.7. The van der Waals surface area contributed by atoms with Crippen LogP contribution >= 0.6 is 0 Å². The molecule has 0 aliphatic carbocycles. The van der Waals surface area contributed by atoms with E-state index in [1.54, 1.807) is 0 Å². The summed E-state index contributed by atoms with van der Waals surface area (Å²) in [5.74, 6) is 3.15. The Kier molecular flexibility index (Phi) is 7.76. The van der Waals surface area contributed by atoms with E-state index in [1.807, 2.05) is 0 Å². The van der Waals surface area contributed by atoms with Gasteiger partial charge in [-0.3, -0.25) is 0 Å². The van der Waals surface area contributed by atoms with E-state index in [0.717, 1.165) is 24.4 Å². The van der Waals surface area contributed by atoms with Gasteiger partial charge >= 0.3 is 0 Å². The third-order valence-corrected chi connectivity index (χ3v) is 8.85. The summed E-state index contributed by atoms with van der Waals surface area (Å²) in [5, 5.41) is 0. The smallest absolute Gasteiger partial charge is 0.193 e. The van der Waals surface area contributed by atoms with Crippen LogP contribution in [0.4, 0.5) is 0 Å². The maximum atomic E-state index is 11.1. The fourth-order valence-electron chi connectivity index (χ4n) is 1.86. The summed E-state index contributed by atoms with van der Waals surface area (Å²) in [7, 11) is -3.03. The maximum Gasteiger partial charge on any atom is 0.193 e. The van der Waals surface area contributed by atoms with Crippen LogP contribution in [0.3, 0.4) is 0 Å². The first-order chi connectivity index (χ1) is 8.32. The minimum Gasteiger partial charge on any atom is -0.406 e. The van der Waals surface area contributed by atoms with E-state index in [4.69, 9.17) is 4.43 Å². The van der Waals surface area contributed by atoms with Crippen LogP contribution < -0.4 is 0 Å². The van der Waals surface area contributed by atoms with Crippen molar-refractivity contribution in [1.82, 2.24) is 0 Å². The van der Waals surface area contributed by atoms with Crippen LogP contribution in [0.2, 0.25) is 37.8 Å². The first kappa shape index (κ1) is 17.6. The van der Waals surface area contributed by atoms with Crippen molar-refractivity contribution < 1.29 is 9.22 Å². The van der Waals surface area contributed by atoms with Crippen LogP contribution in [0.25, 0.3) is 0 Å². The lowest BCUT2D eigenvalue weighted by Gasteiger charge is -2.30. The number of hydrogen-bond donors (Lipinski definition) is 0. The van der Waals surface area contributed by atoms with Gasteiger partial charge in [-0.2, -0.15) is 0 Å². The number of carbonyl (C=O) groups is 1. The molecule has 0 aromatic carbocycles. The van der Waals surface area contributed by atoms with Gasteiger partial charge < -0.3 is 9.22 Å². The fraction of sp³-hybridized carbons (Fsp3) is 0.786. The molecule has 0 aliphatic heterocycles. The van der Waals surface area contributed by atoms with Gasteiger partial charge in [-0.25, -0.2) is 0 Å². The van der Waals surface area contributed by atoms with Gasteiger partial charge in [0.1, 0.15) is 20.5 Å². The molecule has 0 bridgehead atoms. The molecule has 0 spiro atoms. The van der Waals surface area contributed by atoms with E-state index in [2.05, 4.69) is 51.9 Å². The summed E-state index contributed by atoms with van der Waals surface area (Å²) in [6.07, 6.45) is 1.17. The van der Waals surface area contributed by atoms with E-state index < -0.39 is 16.4 Å². The van der Waals surface area contributed by atoms with Gasteiger partial charge in [-0.15, -0.1) is 11.5 Å². The van der Waals surface area contributed by atoms with E-state index >= 15 is 0 Å². The summed E-state index contributed by atoms with van der Waals surface area (Å²) in [5.41, 5.74) is 3.29. The van der Waals surface area contributed by atoms with Crippen LogP contribution in [0, 0.1) is 11.5 Å². The molecule has 4 heteroatoms. The summed E-state index contributed by atoms with van der Waals surface area (Å²) >= 11 is 0. The standard InChI is InChI=1S/C14H28O2Si2/c1-7-18(8-2,9-3)16-14(13-15)11-10-12-17(4,5)6/h13-14H,7-9,11H2,1-6H3/t14-/m0/s1. The van der Waals surface area contributed by atoms with Crippen LogP contribution in [0.5, 0.6) is 0 Å². The zero-order valence-electron chi connectivity index (χ0n) is 12.8. The van der Waals surface area contributed by atoms with Crippen molar-refractivity contribution in [2.24, 2.45) is 0 Å². The molecule has 0 fully saturated rings. The van der Waals surface area contributed by atoms with Crippen LogP contribution in [0.1, 0.15) is 27.2 Å². The Morgan fingerprint density at radius 2 is 1.61 bits per heavy atom. The Morgan fingerprint density at radius 3 is 1.94 bits per heavy atom. The van der Waals surface area contributed by atoms with E-state index in [-0.39, 0.29) is 6.10 Å². The zero-order valence-corrected chi connectivity index (χ0v) is 14.8. The lowest BCUT2D eigenvalue weighted by atomic mass is 10.3. The monoisotopic (exact) mass is 284 g/mol. The Morgan fingerprint density at radius 1 is 1.11 bits per heavy atom. The molecule has 2 nitrogen and oxygen atoms in total. The predicted octanol–water partition coefficient (Wildman–Crippen LogP) is 3.85. The quantitative estimate of drug-likeness (QED) is 0.403. The highest BCUT2D eigenvalue weighted by atomic mass is 28.4. The van der Waals surface area contributed by atoms with Crippen molar-refractivity contribution in [2.45, 2.75) is 71.1 Å². The molecular formula is C14H28O2Si2. The largest absolute Gasteiger partial charge is 0.406 e. The molecule has 0 aromatic rings. The van der Waals surface area contributed by atoms with Crippen molar-refractivity contribution in [3.05, 3.63) is 0 Å². The highest BCUT2D eigenvalue weighted by Gasteiger charge is 2.31. The summed E-state index contributed by atoms with van der Waals surface area (Å²) in [6.45, 7) is 13.2. The highest BCUT2D eigenvalue weighted by molar-refractivity contribution is 6.83. The molecule has 1 atom stereocenters. The number of rotatable bonds is 7. The molecular weight excluding hydrogens is 256 g/mol. The molecule has 0 N–H and O–H groups in total. The Balaban J connectivity index is 4.60. The molecule has 0 amide bonds. The second kappa shape index (κ2) is 7.93. The minimum absolute atomic E-state index is 0.319. The number of carbonyl (C=O) groups excluding carboxylic acids is 1. The molecule has 0 saturated heterocycles. The zero-order chi connectivity index (χ0) is 14.2. The molecule has 0 saturated carbocycles. The lowest BCUT2D eigenvalue weighted by Crippen LogP contribution is -2.40. The van der Waals surface area contributed by atoms with Crippen molar-refractivity contribution >= 4 is 22.7 Å². The van der Waals surface area contributed by atoms with Crippen LogP contribution in [-0.4, -0.2) is 28.8 Å². The topological polar surface area (TPSA) is 26.3 Å². The summed E-state index contributed by atoms with van der Waals surface area (Å²) < 4.78 is 6.13. The van der Waals surface area contributed by atoms with E-state index in [0.29, 0.717) is 6.42 Å². The molecule has 18 heavy (non-hydrogen) atoms. The van der Waals surface area contributed by atoms with Crippen molar-refractivity contribution in [3.8, 4) is 11.5 Å². The molecule has 0 unspecified atom stereocenters. The van der Waals surface area contributed by atoms with Crippen molar-refractivity contribution in [3.63, 3.8) is 0 Å². The second-order valence-electron chi connectivity index (χ2n) is 5.79. The van der Waals surface area contributed by atoms with Crippen LogP contribution in [-0.2, 0) is 9.22 Å². The average Bonchev–Trinajstić information content (AvgIpc) is 2.33. The second-order valence-corrected chi connectivity index (χ2v) is 15.3.